The molecule has 0 saturated carbocycles. The Kier molecular flexibility index (Phi) is 6.15. The molecule has 17 heavy (non-hydrogen) atoms. The molecular weight excluding hydrogens is 214 g/mol. The van der Waals surface area contributed by atoms with Crippen LogP contribution in [0, 0.1) is 0 Å². The van der Waals surface area contributed by atoms with Crippen LogP contribution < -0.4 is 10.0 Å². The number of carbonyl (C=O) groups is 1. The highest BCUT2D eigenvalue weighted by Gasteiger charge is 1.98. The molecule has 0 aliphatic carbocycles. The SMILES string of the molecule is CN(CCCCCCC(=O)[O-])c1ccccc1. The molecule has 3 heteroatoms. The second-order valence-electron chi connectivity index (χ2n) is 4.29. The number of para-hydroxylation sites is 1. The molecule has 0 fully saturated rings. The molecule has 94 valence electrons. The minimum Gasteiger partial charge on any atom is -0.550 e. The lowest BCUT2D eigenvalue weighted by Crippen LogP contribution is -2.21. The lowest BCUT2D eigenvalue weighted by Gasteiger charge is -2.18. The predicted molar refractivity (Wildman–Crippen MR) is 67.8 cm³/mol. The number of carboxylic acids is 1. The molecule has 1 aromatic rings. The summed E-state index contributed by atoms with van der Waals surface area (Å²) in [6.45, 7) is 1.01. The smallest absolute Gasteiger partial charge is 0.0414 e. The lowest BCUT2D eigenvalue weighted by atomic mass is 10.1. The monoisotopic (exact) mass is 234 g/mol. The Labute approximate surface area is 103 Å². The van der Waals surface area contributed by atoms with E-state index in [1.807, 2.05) is 18.2 Å². The van der Waals surface area contributed by atoms with E-state index in [4.69, 9.17) is 0 Å². The molecule has 3 nitrogen and oxygen atoms in total. The largest absolute Gasteiger partial charge is 0.550 e. The lowest BCUT2D eigenvalue weighted by molar-refractivity contribution is -0.305. The van der Waals surface area contributed by atoms with Crippen molar-refractivity contribution in [3.05, 3.63) is 30.3 Å². The van der Waals surface area contributed by atoms with Crippen molar-refractivity contribution in [1.82, 2.24) is 0 Å². The molecule has 0 bridgehead atoms. The Morgan fingerprint density at radius 3 is 2.41 bits per heavy atom. The van der Waals surface area contributed by atoms with Gasteiger partial charge in [0.1, 0.15) is 0 Å². The fourth-order valence-electron chi connectivity index (χ4n) is 1.78. The van der Waals surface area contributed by atoms with Crippen LogP contribution in [0.5, 0.6) is 0 Å². The number of aliphatic carboxylic acids is 1. The molecule has 1 aromatic carbocycles. The van der Waals surface area contributed by atoms with E-state index in [0.717, 1.165) is 32.2 Å². The third kappa shape index (κ3) is 5.95. The number of unbranched alkanes of at least 4 members (excludes halogenated alkanes) is 3. The van der Waals surface area contributed by atoms with Crippen molar-refractivity contribution in [3.63, 3.8) is 0 Å². The van der Waals surface area contributed by atoms with Crippen molar-refractivity contribution in [1.29, 1.82) is 0 Å². The molecule has 1 rings (SSSR count). The molecule has 0 unspecified atom stereocenters. The number of nitrogens with zero attached hydrogens (tertiary/aromatic N) is 1. The van der Waals surface area contributed by atoms with E-state index in [1.165, 1.54) is 5.69 Å². The van der Waals surface area contributed by atoms with Gasteiger partial charge in [0.2, 0.25) is 0 Å². The number of carboxylic acid groups (broad SMARTS) is 1. The summed E-state index contributed by atoms with van der Waals surface area (Å²) >= 11 is 0. The van der Waals surface area contributed by atoms with E-state index in [9.17, 15) is 9.90 Å². The molecule has 0 atom stereocenters. The zero-order chi connectivity index (χ0) is 12.5. The van der Waals surface area contributed by atoms with E-state index < -0.39 is 5.97 Å². The first-order valence-corrected chi connectivity index (χ1v) is 6.16. The maximum absolute atomic E-state index is 10.2. The Balaban J connectivity index is 2.09. The minimum absolute atomic E-state index is 0.189. The van der Waals surface area contributed by atoms with Gasteiger partial charge in [-0.25, -0.2) is 0 Å². The maximum atomic E-state index is 10.2. The Morgan fingerprint density at radius 1 is 1.12 bits per heavy atom. The van der Waals surface area contributed by atoms with Gasteiger partial charge in [0.25, 0.3) is 0 Å². The number of rotatable bonds is 8. The van der Waals surface area contributed by atoms with Crippen LogP contribution in [0.1, 0.15) is 32.1 Å². The van der Waals surface area contributed by atoms with Crippen molar-refractivity contribution in [3.8, 4) is 0 Å². The molecule has 0 amide bonds. The normalized spacial score (nSPS) is 10.2. The first kappa shape index (κ1) is 13.6. The van der Waals surface area contributed by atoms with Crippen molar-refractivity contribution < 1.29 is 9.90 Å². The summed E-state index contributed by atoms with van der Waals surface area (Å²) in [6, 6.07) is 10.3. The summed E-state index contributed by atoms with van der Waals surface area (Å²) in [5.41, 5.74) is 1.22. The molecule has 0 aliphatic rings. The molecule has 0 heterocycles. The van der Waals surface area contributed by atoms with Gasteiger partial charge in [0, 0.05) is 25.2 Å². The van der Waals surface area contributed by atoms with Crippen molar-refractivity contribution in [2.24, 2.45) is 0 Å². The van der Waals surface area contributed by atoms with Gasteiger partial charge in [0.05, 0.1) is 0 Å². The highest BCUT2D eigenvalue weighted by Crippen LogP contribution is 2.12. The standard InChI is InChI=1S/C14H21NO2/c1-15(13-9-5-4-6-10-13)12-8-3-2-7-11-14(16)17/h4-6,9-10H,2-3,7-8,11-12H2,1H3,(H,16,17)/p-1. The van der Waals surface area contributed by atoms with Gasteiger partial charge in [-0.05, 0) is 31.4 Å². The van der Waals surface area contributed by atoms with Gasteiger partial charge in [-0.2, -0.15) is 0 Å². The van der Waals surface area contributed by atoms with Crippen molar-refractivity contribution in [2.75, 3.05) is 18.5 Å². The summed E-state index contributed by atoms with van der Waals surface area (Å²) in [4.78, 5) is 12.4. The summed E-state index contributed by atoms with van der Waals surface area (Å²) in [5, 5.41) is 10.2. The average molecular weight is 234 g/mol. The number of benzene rings is 1. The summed E-state index contributed by atoms with van der Waals surface area (Å²) in [5.74, 6) is -0.939. The zero-order valence-electron chi connectivity index (χ0n) is 10.4. The van der Waals surface area contributed by atoms with Gasteiger partial charge in [-0.3, -0.25) is 0 Å². The summed E-state index contributed by atoms with van der Waals surface area (Å²) in [6.07, 6.45) is 4.06. The van der Waals surface area contributed by atoms with Crippen LogP contribution in [0.15, 0.2) is 30.3 Å². The molecule has 0 spiro atoms. The van der Waals surface area contributed by atoms with Crippen LogP contribution in [0.2, 0.25) is 0 Å². The van der Waals surface area contributed by atoms with Crippen LogP contribution >= 0.6 is 0 Å². The van der Waals surface area contributed by atoms with Crippen LogP contribution in [-0.2, 0) is 4.79 Å². The van der Waals surface area contributed by atoms with Gasteiger partial charge >= 0.3 is 0 Å². The highest BCUT2D eigenvalue weighted by molar-refractivity contribution is 5.64. The fourth-order valence-corrected chi connectivity index (χ4v) is 1.78. The van der Waals surface area contributed by atoms with E-state index in [-0.39, 0.29) is 6.42 Å². The number of hydrogen-bond donors (Lipinski definition) is 0. The third-order valence-electron chi connectivity index (χ3n) is 2.82. The Morgan fingerprint density at radius 2 is 1.76 bits per heavy atom. The van der Waals surface area contributed by atoms with E-state index >= 15 is 0 Å². The van der Waals surface area contributed by atoms with E-state index in [0.29, 0.717) is 0 Å². The van der Waals surface area contributed by atoms with Crippen LogP contribution in [0.25, 0.3) is 0 Å². The van der Waals surface area contributed by atoms with Gasteiger partial charge in [-0.15, -0.1) is 0 Å². The fraction of sp³-hybridized carbons (Fsp3) is 0.500. The van der Waals surface area contributed by atoms with Crippen molar-refractivity contribution in [2.45, 2.75) is 32.1 Å². The second kappa shape index (κ2) is 7.71. The quantitative estimate of drug-likeness (QED) is 0.644. The third-order valence-corrected chi connectivity index (χ3v) is 2.82. The highest BCUT2D eigenvalue weighted by atomic mass is 16.4. The van der Waals surface area contributed by atoms with Crippen molar-refractivity contribution >= 4 is 11.7 Å². The minimum atomic E-state index is -0.939. The second-order valence-corrected chi connectivity index (χ2v) is 4.29. The number of hydrogen-bond acceptors (Lipinski definition) is 3. The summed E-state index contributed by atoms with van der Waals surface area (Å²) in [7, 11) is 2.08. The summed E-state index contributed by atoms with van der Waals surface area (Å²) < 4.78 is 0. The predicted octanol–water partition coefficient (Wildman–Crippen LogP) is 1.82. The van der Waals surface area contributed by atoms with E-state index in [1.54, 1.807) is 0 Å². The molecule has 0 radical (unpaired) electrons. The van der Waals surface area contributed by atoms with E-state index in [2.05, 4.69) is 24.1 Å². The first-order chi connectivity index (χ1) is 8.20. The first-order valence-electron chi connectivity index (χ1n) is 6.16. The van der Waals surface area contributed by atoms with Gasteiger partial charge in [0.15, 0.2) is 0 Å². The topological polar surface area (TPSA) is 43.4 Å². The van der Waals surface area contributed by atoms with Gasteiger partial charge in [-0.1, -0.05) is 31.0 Å². The molecule has 0 aliphatic heterocycles. The van der Waals surface area contributed by atoms with Crippen LogP contribution in [0.4, 0.5) is 5.69 Å². The number of carbonyl (C=O) groups excluding carboxylic acids is 1. The van der Waals surface area contributed by atoms with Gasteiger partial charge < -0.3 is 14.8 Å². The molecular formula is C14H20NO2-. The van der Waals surface area contributed by atoms with Crippen LogP contribution in [-0.4, -0.2) is 19.6 Å². The Hall–Kier alpha value is -1.51. The maximum Gasteiger partial charge on any atom is 0.0414 e. The molecule has 0 saturated heterocycles. The Bertz CT molecular complexity index is 324. The van der Waals surface area contributed by atoms with Crippen LogP contribution in [0.3, 0.4) is 0 Å². The number of anilines is 1. The zero-order valence-corrected chi connectivity index (χ0v) is 10.4. The molecule has 0 N–H and O–H groups in total. The molecule has 0 aromatic heterocycles. The average Bonchev–Trinajstić information content (AvgIpc) is 2.34.